The fourth-order valence-electron chi connectivity index (χ4n) is 3.79. The molecule has 1 saturated carbocycles. The molecule has 1 N–H and O–H groups in total. The molecule has 0 aromatic carbocycles. The number of fused-ring (bicyclic) bond motifs is 1. The van der Waals surface area contributed by atoms with Gasteiger partial charge in [0.1, 0.15) is 6.54 Å². The summed E-state index contributed by atoms with van der Waals surface area (Å²) in [6.07, 6.45) is 8.33. The summed E-state index contributed by atoms with van der Waals surface area (Å²) >= 11 is 0. The van der Waals surface area contributed by atoms with Gasteiger partial charge in [0.2, 0.25) is 17.7 Å². The number of nitrogens with one attached hydrogen (secondary N) is 1. The van der Waals surface area contributed by atoms with E-state index in [2.05, 4.69) is 15.4 Å². The highest BCUT2D eigenvalue weighted by Crippen LogP contribution is 2.37. The summed E-state index contributed by atoms with van der Waals surface area (Å²) in [5.74, 6) is -0.879. The molecule has 1 aliphatic heterocycles. The molecular weight excluding hydrogens is 334 g/mol. The topological polar surface area (TPSA) is 97.2 Å². The number of hydrogen-bond donors (Lipinski definition) is 1. The molecule has 8 heteroatoms. The SMILES string of the molecule is O=C(CN1C(=O)[C@@H]2CCCC[C@H]2C1=O)Nc1cccnc1-n1cccn1. The number of rotatable bonds is 4. The summed E-state index contributed by atoms with van der Waals surface area (Å²) in [7, 11) is 0. The lowest BCUT2D eigenvalue weighted by Gasteiger charge is -2.19. The molecule has 1 saturated heterocycles. The first-order valence-electron chi connectivity index (χ1n) is 8.75. The van der Waals surface area contributed by atoms with E-state index < -0.39 is 5.91 Å². The molecule has 2 atom stereocenters. The molecule has 2 aromatic heterocycles. The van der Waals surface area contributed by atoms with Crippen LogP contribution in [-0.4, -0.2) is 43.9 Å². The van der Waals surface area contributed by atoms with Crippen LogP contribution in [0.4, 0.5) is 5.69 Å². The minimum Gasteiger partial charge on any atom is -0.321 e. The third kappa shape index (κ3) is 2.87. The van der Waals surface area contributed by atoms with E-state index in [1.807, 2.05) is 0 Å². The number of carbonyl (C=O) groups excluding carboxylic acids is 3. The number of hydrogen-bond acceptors (Lipinski definition) is 5. The number of amides is 3. The average molecular weight is 353 g/mol. The first kappa shape index (κ1) is 16.4. The molecule has 26 heavy (non-hydrogen) atoms. The Labute approximate surface area is 150 Å². The standard InChI is InChI=1S/C18H19N5O3/c24-15(11-22-17(25)12-5-1-2-6-13(12)18(22)26)21-14-7-3-8-19-16(14)23-10-4-9-20-23/h3-4,7-10,12-13H,1-2,5-6,11H2,(H,21,24)/t12-,13-/m1/s1. The summed E-state index contributed by atoms with van der Waals surface area (Å²) in [6, 6.07) is 5.15. The fraction of sp³-hybridized carbons (Fsp3) is 0.389. The maximum Gasteiger partial charge on any atom is 0.244 e. The van der Waals surface area contributed by atoms with Crippen LogP contribution in [0.5, 0.6) is 0 Å². The molecular formula is C18H19N5O3. The summed E-state index contributed by atoms with van der Waals surface area (Å²) < 4.78 is 1.54. The summed E-state index contributed by atoms with van der Waals surface area (Å²) in [6.45, 7) is -0.266. The molecule has 2 fully saturated rings. The molecule has 0 spiro atoms. The molecule has 2 aromatic rings. The monoisotopic (exact) mass is 353 g/mol. The first-order valence-corrected chi connectivity index (χ1v) is 8.75. The zero-order chi connectivity index (χ0) is 18.1. The predicted molar refractivity (Wildman–Crippen MR) is 92.2 cm³/mol. The minimum absolute atomic E-state index is 0.215. The van der Waals surface area contributed by atoms with Crippen LogP contribution in [0, 0.1) is 11.8 Å². The van der Waals surface area contributed by atoms with E-state index in [0.29, 0.717) is 11.5 Å². The van der Waals surface area contributed by atoms with Crippen molar-refractivity contribution in [2.24, 2.45) is 11.8 Å². The van der Waals surface area contributed by atoms with E-state index in [9.17, 15) is 14.4 Å². The van der Waals surface area contributed by atoms with E-state index in [0.717, 1.165) is 30.6 Å². The van der Waals surface area contributed by atoms with E-state index in [1.165, 1.54) is 4.68 Å². The van der Waals surface area contributed by atoms with Gasteiger partial charge in [-0.2, -0.15) is 5.10 Å². The van der Waals surface area contributed by atoms with Gasteiger partial charge in [-0.15, -0.1) is 0 Å². The van der Waals surface area contributed by atoms with E-state index in [-0.39, 0.29) is 30.2 Å². The molecule has 134 valence electrons. The molecule has 3 heterocycles. The molecule has 8 nitrogen and oxygen atoms in total. The van der Waals surface area contributed by atoms with Crippen LogP contribution >= 0.6 is 0 Å². The number of aromatic nitrogens is 3. The Hall–Kier alpha value is -3.03. The van der Waals surface area contributed by atoms with Gasteiger partial charge in [0.15, 0.2) is 5.82 Å². The fourth-order valence-corrected chi connectivity index (χ4v) is 3.79. The highest BCUT2D eigenvalue weighted by molar-refractivity contribution is 6.08. The van der Waals surface area contributed by atoms with Gasteiger partial charge < -0.3 is 5.32 Å². The third-order valence-corrected chi connectivity index (χ3v) is 5.02. The second-order valence-electron chi connectivity index (χ2n) is 6.63. The van der Waals surface area contributed by atoms with Gasteiger partial charge in [0.05, 0.1) is 17.5 Å². The van der Waals surface area contributed by atoms with Crippen molar-refractivity contribution >= 4 is 23.4 Å². The zero-order valence-corrected chi connectivity index (χ0v) is 14.2. The van der Waals surface area contributed by atoms with Crippen molar-refractivity contribution in [1.82, 2.24) is 19.7 Å². The van der Waals surface area contributed by atoms with Crippen LogP contribution in [0.1, 0.15) is 25.7 Å². The number of likely N-dealkylation sites (tertiary alicyclic amines) is 1. The second kappa shape index (κ2) is 6.70. The predicted octanol–water partition coefficient (Wildman–Crippen LogP) is 1.38. The lowest BCUT2D eigenvalue weighted by Crippen LogP contribution is -2.38. The van der Waals surface area contributed by atoms with Gasteiger partial charge in [-0.1, -0.05) is 12.8 Å². The second-order valence-corrected chi connectivity index (χ2v) is 6.63. The van der Waals surface area contributed by atoms with Crippen molar-refractivity contribution in [3.8, 4) is 5.82 Å². The quantitative estimate of drug-likeness (QED) is 0.838. The van der Waals surface area contributed by atoms with Crippen molar-refractivity contribution < 1.29 is 14.4 Å². The van der Waals surface area contributed by atoms with Gasteiger partial charge in [-0.3, -0.25) is 19.3 Å². The molecule has 3 amide bonds. The van der Waals surface area contributed by atoms with Crippen molar-refractivity contribution in [2.45, 2.75) is 25.7 Å². The van der Waals surface area contributed by atoms with Gasteiger partial charge in [-0.25, -0.2) is 9.67 Å². The van der Waals surface area contributed by atoms with Gasteiger partial charge in [-0.05, 0) is 31.0 Å². The molecule has 0 unspecified atom stereocenters. The average Bonchev–Trinajstić information content (AvgIpc) is 3.26. The number of imide groups is 1. The highest BCUT2D eigenvalue weighted by Gasteiger charge is 2.48. The van der Waals surface area contributed by atoms with Crippen molar-refractivity contribution in [2.75, 3.05) is 11.9 Å². The smallest absolute Gasteiger partial charge is 0.244 e. The summed E-state index contributed by atoms with van der Waals surface area (Å²) in [4.78, 5) is 42.8. The third-order valence-electron chi connectivity index (χ3n) is 5.02. The Balaban J connectivity index is 1.48. The summed E-state index contributed by atoms with van der Waals surface area (Å²) in [5.41, 5.74) is 0.470. The van der Waals surface area contributed by atoms with E-state index in [4.69, 9.17) is 0 Å². The Kier molecular flexibility index (Phi) is 4.24. The summed E-state index contributed by atoms with van der Waals surface area (Å²) in [5, 5.41) is 6.85. The lowest BCUT2D eigenvalue weighted by molar-refractivity contribution is -0.142. The molecule has 0 radical (unpaired) electrons. The van der Waals surface area contributed by atoms with E-state index in [1.54, 1.807) is 36.8 Å². The Morgan fingerprint density at radius 1 is 1.12 bits per heavy atom. The maximum atomic E-state index is 12.5. The largest absolute Gasteiger partial charge is 0.321 e. The highest BCUT2D eigenvalue weighted by atomic mass is 16.2. The zero-order valence-electron chi connectivity index (χ0n) is 14.2. The van der Waals surface area contributed by atoms with Crippen LogP contribution in [0.2, 0.25) is 0 Å². The van der Waals surface area contributed by atoms with Crippen LogP contribution < -0.4 is 5.32 Å². The molecule has 0 bridgehead atoms. The molecule has 1 aliphatic carbocycles. The van der Waals surface area contributed by atoms with Crippen molar-refractivity contribution in [3.05, 3.63) is 36.8 Å². The van der Waals surface area contributed by atoms with Gasteiger partial charge in [0.25, 0.3) is 0 Å². The Bertz CT molecular complexity index is 824. The molecule has 4 rings (SSSR count). The maximum absolute atomic E-state index is 12.5. The first-order chi connectivity index (χ1) is 12.6. The van der Waals surface area contributed by atoms with Crippen LogP contribution in [0.3, 0.4) is 0 Å². The molecule has 2 aliphatic rings. The lowest BCUT2D eigenvalue weighted by atomic mass is 9.81. The Morgan fingerprint density at radius 2 is 1.85 bits per heavy atom. The normalized spacial score (nSPS) is 22.4. The number of anilines is 1. The van der Waals surface area contributed by atoms with E-state index >= 15 is 0 Å². The van der Waals surface area contributed by atoms with Crippen molar-refractivity contribution in [1.29, 1.82) is 0 Å². The number of carbonyl (C=O) groups is 3. The van der Waals surface area contributed by atoms with Crippen LogP contribution in [0.25, 0.3) is 5.82 Å². The minimum atomic E-state index is -0.424. The number of nitrogens with zero attached hydrogens (tertiary/aromatic N) is 4. The Morgan fingerprint density at radius 3 is 2.50 bits per heavy atom. The van der Waals surface area contributed by atoms with Gasteiger partial charge >= 0.3 is 0 Å². The number of pyridine rings is 1. The van der Waals surface area contributed by atoms with Crippen LogP contribution in [0.15, 0.2) is 36.8 Å². The van der Waals surface area contributed by atoms with Crippen molar-refractivity contribution in [3.63, 3.8) is 0 Å². The van der Waals surface area contributed by atoms with Crippen LogP contribution in [-0.2, 0) is 14.4 Å². The van der Waals surface area contributed by atoms with Gasteiger partial charge in [0, 0.05) is 18.6 Å².